The number of hydrogen-bond donors (Lipinski definition) is 0. The van der Waals surface area contributed by atoms with Gasteiger partial charge in [-0.15, -0.1) is 4.89 Å². The van der Waals surface area contributed by atoms with Crippen molar-refractivity contribution in [1.82, 2.24) is 0 Å². The van der Waals surface area contributed by atoms with E-state index in [1.54, 1.807) is 0 Å². The zero-order valence-electron chi connectivity index (χ0n) is 21.5. The van der Waals surface area contributed by atoms with Crippen LogP contribution in [0.25, 0.3) is 0 Å². The summed E-state index contributed by atoms with van der Waals surface area (Å²) < 4.78 is 5.92. The molecule has 2 rings (SSSR count). The lowest BCUT2D eigenvalue weighted by Crippen LogP contribution is -2.23. The highest BCUT2D eigenvalue weighted by atomic mass is 17.2. The van der Waals surface area contributed by atoms with Crippen LogP contribution >= 0.6 is 0 Å². The topological polar surface area (TPSA) is 27.7 Å². The Bertz CT molecular complexity index is 703. The molecule has 0 radical (unpaired) electrons. The Kier molecular flexibility index (Phi) is 10.8. The summed E-state index contributed by atoms with van der Waals surface area (Å²) in [7, 11) is 0. The fourth-order valence-electron chi connectivity index (χ4n) is 5.10. The first-order valence-electron chi connectivity index (χ1n) is 12.7. The molecule has 0 aliphatic heterocycles. The van der Waals surface area contributed by atoms with Crippen molar-refractivity contribution in [2.24, 2.45) is 17.3 Å². The van der Waals surface area contributed by atoms with E-state index >= 15 is 0 Å². The first-order valence-corrected chi connectivity index (χ1v) is 12.7. The van der Waals surface area contributed by atoms with Gasteiger partial charge in [0.1, 0.15) is 5.75 Å². The van der Waals surface area contributed by atoms with Gasteiger partial charge in [0.15, 0.2) is 5.76 Å². The molecule has 0 amide bonds. The molecule has 0 N–H and O–H groups in total. The number of benzene rings is 1. The van der Waals surface area contributed by atoms with E-state index in [4.69, 9.17) is 14.5 Å². The first kappa shape index (κ1) is 26.5. The van der Waals surface area contributed by atoms with E-state index in [0.717, 1.165) is 30.3 Å². The van der Waals surface area contributed by atoms with Gasteiger partial charge in [-0.3, -0.25) is 0 Å². The second-order valence-electron chi connectivity index (χ2n) is 10.7. The molecular formula is C29H46O3. The van der Waals surface area contributed by atoms with Gasteiger partial charge in [-0.05, 0) is 65.9 Å². The molecule has 2 atom stereocenters. The molecule has 0 spiro atoms. The van der Waals surface area contributed by atoms with Crippen molar-refractivity contribution < 1.29 is 14.5 Å². The van der Waals surface area contributed by atoms with Crippen LogP contribution in [0.1, 0.15) is 105 Å². The fourth-order valence-corrected chi connectivity index (χ4v) is 5.10. The predicted octanol–water partition coefficient (Wildman–Crippen LogP) is 8.97. The second kappa shape index (κ2) is 13.1. The second-order valence-corrected chi connectivity index (χ2v) is 10.7. The van der Waals surface area contributed by atoms with Gasteiger partial charge >= 0.3 is 0 Å². The molecule has 1 aliphatic carbocycles. The van der Waals surface area contributed by atoms with Crippen LogP contribution in [-0.4, -0.2) is 6.29 Å². The summed E-state index contributed by atoms with van der Waals surface area (Å²) in [4.78, 5) is 11.1. The predicted molar refractivity (Wildman–Crippen MR) is 134 cm³/mol. The summed E-state index contributed by atoms with van der Waals surface area (Å²) in [5.41, 5.74) is 1.56. The lowest BCUT2D eigenvalue weighted by molar-refractivity contribution is -0.329. The number of hydrogen-bond acceptors (Lipinski definition) is 3. The van der Waals surface area contributed by atoms with Crippen LogP contribution < -0.4 is 4.74 Å². The summed E-state index contributed by atoms with van der Waals surface area (Å²) >= 11 is 0. The standard InChI is InChI=1S/C29H46O3/c1-8-13-27(17-12-16-24-14-10-9-11-15-24)32-31-23(4)30-26-20-18-25(19-21-26)28(22(2)3)29(5,6)7/h12-13,17-24,28H,8-11,14-16H2,1-7H3. The van der Waals surface area contributed by atoms with E-state index in [0.29, 0.717) is 11.8 Å². The van der Waals surface area contributed by atoms with Crippen LogP contribution in [0.2, 0.25) is 0 Å². The summed E-state index contributed by atoms with van der Waals surface area (Å²) in [6.45, 7) is 15.5. The number of ether oxygens (including phenoxy) is 1. The van der Waals surface area contributed by atoms with Crippen LogP contribution in [0.4, 0.5) is 0 Å². The van der Waals surface area contributed by atoms with Gasteiger partial charge < -0.3 is 9.62 Å². The van der Waals surface area contributed by atoms with Crippen LogP contribution in [0.3, 0.4) is 0 Å². The molecule has 0 heterocycles. The molecule has 1 aromatic rings. The van der Waals surface area contributed by atoms with E-state index in [1.807, 2.05) is 31.2 Å². The summed E-state index contributed by atoms with van der Waals surface area (Å²) in [5.74, 6) is 3.43. The van der Waals surface area contributed by atoms with E-state index < -0.39 is 6.29 Å². The highest BCUT2D eigenvalue weighted by Gasteiger charge is 2.28. The van der Waals surface area contributed by atoms with Gasteiger partial charge in [0.25, 0.3) is 0 Å². The van der Waals surface area contributed by atoms with E-state index in [2.05, 4.69) is 59.8 Å². The largest absolute Gasteiger partial charge is 0.461 e. The minimum absolute atomic E-state index is 0.216. The molecule has 0 aromatic heterocycles. The van der Waals surface area contributed by atoms with Gasteiger partial charge in [0.05, 0.1) is 0 Å². The maximum atomic E-state index is 5.92. The molecule has 1 fully saturated rings. The third-order valence-corrected chi connectivity index (χ3v) is 6.30. The number of allylic oxidation sites excluding steroid dienone is 3. The molecule has 1 aliphatic rings. The third kappa shape index (κ3) is 9.02. The fraction of sp³-hybridized carbons (Fsp3) is 0.655. The average Bonchev–Trinajstić information content (AvgIpc) is 2.73. The molecule has 3 heteroatoms. The van der Waals surface area contributed by atoms with Gasteiger partial charge in [-0.25, -0.2) is 0 Å². The first-order chi connectivity index (χ1) is 15.2. The lowest BCUT2D eigenvalue weighted by atomic mass is 9.70. The quantitative estimate of drug-likeness (QED) is 0.112. The zero-order chi connectivity index (χ0) is 23.6. The minimum Gasteiger partial charge on any atom is -0.461 e. The molecule has 0 saturated heterocycles. The van der Waals surface area contributed by atoms with Crippen LogP contribution in [0.5, 0.6) is 5.75 Å². The molecular weight excluding hydrogens is 396 g/mol. The smallest absolute Gasteiger partial charge is 0.239 e. The molecule has 32 heavy (non-hydrogen) atoms. The molecule has 1 saturated carbocycles. The summed E-state index contributed by atoms with van der Waals surface area (Å²) in [6.07, 6.45) is 14.7. The zero-order valence-corrected chi connectivity index (χ0v) is 21.5. The van der Waals surface area contributed by atoms with Crippen molar-refractivity contribution in [3.63, 3.8) is 0 Å². The van der Waals surface area contributed by atoms with Crippen molar-refractivity contribution in [3.8, 4) is 5.75 Å². The average molecular weight is 443 g/mol. The van der Waals surface area contributed by atoms with Crippen LogP contribution in [0, 0.1) is 17.3 Å². The minimum atomic E-state index is -0.503. The van der Waals surface area contributed by atoms with Crippen molar-refractivity contribution in [1.29, 1.82) is 0 Å². The normalized spacial score (nSPS) is 18.2. The van der Waals surface area contributed by atoms with Crippen molar-refractivity contribution >= 4 is 0 Å². The highest BCUT2D eigenvalue weighted by molar-refractivity contribution is 5.30. The van der Waals surface area contributed by atoms with E-state index in [9.17, 15) is 0 Å². The molecule has 180 valence electrons. The lowest BCUT2D eigenvalue weighted by Gasteiger charge is -2.34. The Morgan fingerprint density at radius 3 is 2.25 bits per heavy atom. The van der Waals surface area contributed by atoms with Crippen molar-refractivity contribution in [2.45, 2.75) is 106 Å². The number of rotatable bonds is 11. The molecule has 2 unspecified atom stereocenters. The Hall–Kier alpha value is -1.74. The molecule has 1 aromatic carbocycles. The molecule has 3 nitrogen and oxygen atoms in total. The van der Waals surface area contributed by atoms with E-state index in [1.165, 1.54) is 37.7 Å². The van der Waals surface area contributed by atoms with E-state index in [-0.39, 0.29) is 5.41 Å². The summed E-state index contributed by atoms with van der Waals surface area (Å²) in [5, 5.41) is 0. The van der Waals surface area contributed by atoms with Crippen LogP contribution in [0.15, 0.2) is 48.3 Å². The van der Waals surface area contributed by atoms with Gasteiger partial charge in [0, 0.05) is 6.92 Å². The maximum absolute atomic E-state index is 5.92. The van der Waals surface area contributed by atoms with Gasteiger partial charge in [-0.2, -0.15) is 0 Å². The highest BCUT2D eigenvalue weighted by Crippen LogP contribution is 2.41. The monoisotopic (exact) mass is 442 g/mol. The van der Waals surface area contributed by atoms with Gasteiger partial charge in [-0.1, -0.05) is 91.9 Å². The van der Waals surface area contributed by atoms with Crippen LogP contribution in [-0.2, 0) is 9.78 Å². The van der Waals surface area contributed by atoms with Crippen molar-refractivity contribution in [2.75, 3.05) is 0 Å². The van der Waals surface area contributed by atoms with Crippen molar-refractivity contribution in [3.05, 3.63) is 53.8 Å². The Balaban J connectivity index is 1.86. The SMILES string of the molecule is CCC=C(C=CCC1CCCCC1)OOC(C)Oc1ccc(C(C(C)C)C(C)(C)C)cc1. The Labute approximate surface area is 197 Å². The Morgan fingerprint density at radius 2 is 1.69 bits per heavy atom. The molecule has 0 bridgehead atoms. The Morgan fingerprint density at radius 1 is 1.03 bits per heavy atom. The van der Waals surface area contributed by atoms with Gasteiger partial charge in [0.2, 0.25) is 6.29 Å². The maximum Gasteiger partial charge on any atom is 0.239 e. The third-order valence-electron chi connectivity index (χ3n) is 6.30. The summed E-state index contributed by atoms with van der Waals surface area (Å²) in [6, 6.07) is 8.41.